The van der Waals surface area contributed by atoms with E-state index in [1.54, 1.807) is 61.3 Å². The number of nitrogens with zero attached hydrogens (tertiary/aromatic N) is 5. The number of urea groups is 1. The third-order valence-corrected chi connectivity index (χ3v) is 9.70. The van der Waals surface area contributed by atoms with Crippen LogP contribution >= 0.6 is 0 Å². The van der Waals surface area contributed by atoms with Crippen LogP contribution in [0.4, 0.5) is 9.59 Å². The Morgan fingerprint density at radius 1 is 0.943 bits per heavy atom. The van der Waals surface area contributed by atoms with Gasteiger partial charge >= 0.3 is 18.1 Å². The highest BCUT2D eigenvalue weighted by Crippen LogP contribution is 2.33. The van der Waals surface area contributed by atoms with Crippen molar-refractivity contribution in [2.75, 3.05) is 13.6 Å². The largest absolute Gasteiger partial charge is 0.480 e. The monoisotopic (exact) mass is 721 g/mol. The van der Waals surface area contributed by atoms with Gasteiger partial charge in [0.25, 0.3) is 0 Å². The van der Waals surface area contributed by atoms with Crippen molar-refractivity contribution in [2.24, 2.45) is 5.92 Å². The number of aliphatic carboxylic acids is 1. The minimum Gasteiger partial charge on any atom is -0.480 e. The van der Waals surface area contributed by atoms with Crippen molar-refractivity contribution < 1.29 is 33.8 Å². The molecule has 14 nitrogen and oxygen atoms in total. The van der Waals surface area contributed by atoms with Gasteiger partial charge in [-0.3, -0.25) is 14.6 Å². The molecule has 3 aromatic carbocycles. The minimum absolute atomic E-state index is 0.113. The van der Waals surface area contributed by atoms with Crippen LogP contribution < -0.4 is 15.4 Å². The zero-order valence-electron chi connectivity index (χ0n) is 30.0. The summed E-state index contributed by atoms with van der Waals surface area (Å²) < 4.78 is 5.34. The van der Waals surface area contributed by atoms with Gasteiger partial charge < -0.3 is 30.3 Å². The Morgan fingerprint density at radius 3 is 2.36 bits per heavy atom. The first kappa shape index (κ1) is 36.8. The van der Waals surface area contributed by atoms with Crippen molar-refractivity contribution in [2.45, 2.75) is 64.6 Å². The van der Waals surface area contributed by atoms with Crippen LogP contribution in [-0.4, -0.2) is 97.7 Å². The standard InChI is InChI=1S/C39H43N7O7/c1-24(2)33(37(49)50)42-39(52)53-30-17-15-26(16-18-30)20-31-36(48)44(22-29-13-8-12-28-14-9-19-40-34(28)29)25(3)35-45(31)32(47)23-43(4)46(35)38(51)41-21-27-10-6-5-7-11-27/h5-19,24-25,31,33,35H,20-23H2,1-4H3,(H,41,51)(H,42,52)(H,49,50)/t25-,31-,33?,35?/m0/s1. The molecule has 53 heavy (non-hydrogen) atoms. The zero-order valence-corrected chi connectivity index (χ0v) is 30.0. The molecule has 276 valence electrons. The van der Waals surface area contributed by atoms with Crippen molar-refractivity contribution in [1.82, 2.24) is 35.4 Å². The number of benzene rings is 3. The second-order valence-electron chi connectivity index (χ2n) is 13.7. The van der Waals surface area contributed by atoms with Crippen LogP contribution in [0.1, 0.15) is 37.5 Å². The first-order valence-electron chi connectivity index (χ1n) is 17.5. The molecule has 3 N–H and O–H groups in total. The fraction of sp³-hybridized carbons (Fsp3) is 0.333. The second-order valence-corrected chi connectivity index (χ2v) is 13.7. The van der Waals surface area contributed by atoms with E-state index in [1.807, 2.05) is 67.6 Å². The number of hydrogen-bond acceptors (Lipinski definition) is 8. The van der Waals surface area contributed by atoms with Gasteiger partial charge in [0.1, 0.15) is 24.0 Å². The van der Waals surface area contributed by atoms with Gasteiger partial charge in [-0.1, -0.05) is 80.6 Å². The van der Waals surface area contributed by atoms with Crippen molar-refractivity contribution in [1.29, 1.82) is 0 Å². The van der Waals surface area contributed by atoms with Crippen LogP contribution in [0.3, 0.4) is 0 Å². The van der Waals surface area contributed by atoms with Crippen molar-refractivity contribution in [3.8, 4) is 5.75 Å². The molecule has 0 radical (unpaired) electrons. The number of carboxylic acid groups (broad SMARTS) is 1. The van der Waals surface area contributed by atoms with E-state index in [-0.39, 0.29) is 49.5 Å². The van der Waals surface area contributed by atoms with Crippen LogP contribution in [0.15, 0.2) is 91.1 Å². The Balaban J connectivity index is 1.30. The third-order valence-electron chi connectivity index (χ3n) is 9.70. The summed E-state index contributed by atoms with van der Waals surface area (Å²) in [5, 5.41) is 18.8. The van der Waals surface area contributed by atoms with E-state index in [0.29, 0.717) is 5.56 Å². The van der Waals surface area contributed by atoms with Gasteiger partial charge in [-0.15, -0.1) is 0 Å². The lowest BCUT2D eigenvalue weighted by atomic mass is 9.94. The maximum atomic E-state index is 14.6. The Hall–Kier alpha value is -6.02. The molecule has 14 heteroatoms. The summed E-state index contributed by atoms with van der Waals surface area (Å²) in [6.07, 6.45) is 0.0711. The number of pyridine rings is 1. The summed E-state index contributed by atoms with van der Waals surface area (Å²) in [4.78, 5) is 74.4. The van der Waals surface area contributed by atoms with Crippen LogP contribution in [-0.2, 0) is 33.9 Å². The highest BCUT2D eigenvalue weighted by molar-refractivity contribution is 5.92. The number of piperazine rings is 1. The average Bonchev–Trinajstić information content (AvgIpc) is 3.14. The number of hydrazine groups is 1. The molecule has 0 spiro atoms. The normalized spacial score (nSPS) is 19.6. The zero-order chi connectivity index (χ0) is 37.8. The SMILES string of the molecule is CC(C)C(NC(=O)Oc1ccc(C[C@H]2C(=O)N(Cc3cccc4cccnc34)[C@@H](C)C3N2C(=O)CN(C)N3C(=O)NCc2ccccc2)cc1)C(=O)O. The molecule has 0 bridgehead atoms. The number of carbonyl (C=O) groups excluding carboxylic acids is 4. The van der Waals surface area contributed by atoms with Crippen LogP contribution in [0.2, 0.25) is 0 Å². The van der Waals surface area contributed by atoms with E-state index in [4.69, 9.17) is 4.74 Å². The maximum absolute atomic E-state index is 14.6. The number of aromatic nitrogens is 1. The first-order chi connectivity index (χ1) is 25.4. The summed E-state index contributed by atoms with van der Waals surface area (Å²) in [5.41, 5.74) is 3.17. The fourth-order valence-corrected chi connectivity index (χ4v) is 7.00. The van der Waals surface area contributed by atoms with Crippen molar-refractivity contribution in [3.63, 3.8) is 0 Å². The summed E-state index contributed by atoms with van der Waals surface area (Å²) >= 11 is 0. The van der Waals surface area contributed by atoms with Gasteiger partial charge in [0.05, 0.1) is 18.1 Å². The maximum Gasteiger partial charge on any atom is 0.413 e. The molecule has 4 atom stereocenters. The van der Waals surface area contributed by atoms with E-state index in [0.717, 1.165) is 22.0 Å². The van der Waals surface area contributed by atoms with Crippen LogP contribution in [0.25, 0.3) is 10.9 Å². The minimum atomic E-state index is -1.17. The highest BCUT2D eigenvalue weighted by atomic mass is 16.6. The topological polar surface area (TPSA) is 165 Å². The lowest BCUT2D eigenvalue weighted by molar-refractivity contribution is -0.196. The molecule has 3 heterocycles. The van der Waals surface area contributed by atoms with Gasteiger partial charge in [-0.2, -0.15) is 0 Å². The first-order valence-corrected chi connectivity index (χ1v) is 17.5. The van der Waals surface area contributed by atoms with Crippen molar-refractivity contribution in [3.05, 3.63) is 108 Å². The molecule has 2 fully saturated rings. The summed E-state index contributed by atoms with van der Waals surface area (Å²) in [6.45, 7) is 5.55. The molecule has 1 aromatic heterocycles. The molecule has 2 saturated heterocycles. The number of amides is 5. The molecular formula is C39H43N7O7. The molecule has 6 rings (SSSR count). The number of fused-ring (bicyclic) bond motifs is 2. The number of carbonyl (C=O) groups is 5. The summed E-state index contributed by atoms with van der Waals surface area (Å²) in [5.74, 6) is -1.94. The number of rotatable bonds is 10. The Labute approximate surface area is 307 Å². The van der Waals surface area contributed by atoms with Gasteiger partial charge in [-0.05, 0) is 47.7 Å². The lowest BCUT2D eigenvalue weighted by Crippen LogP contribution is -2.78. The van der Waals surface area contributed by atoms with E-state index in [2.05, 4.69) is 15.6 Å². The predicted molar refractivity (Wildman–Crippen MR) is 195 cm³/mol. The number of ether oxygens (including phenoxy) is 1. The molecular weight excluding hydrogens is 678 g/mol. The predicted octanol–water partition coefficient (Wildman–Crippen LogP) is 4.00. The Morgan fingerprint density at radius 2 is 1.66 bits per heavy atom. The molecule has 2 aliphatic rings. The highest BCUT2D eigenvalue weighted by Gasteiger charge is 2.54. The van der Waals surface area contributed by atoms with E-state index >= 15 is 0 Å². The molecule has 2 aliphatic heterocycles. The molecule has 5 amide bonds. The van der Waals surface area contributed by atoms with Gasteiger partial charge in [-0.25, -0.2) is 24.4 Å². The number of carboxylic acids is 1. The molecule has 4 aromatic rings. The van der Waals surface area contributed by atoms with Gasteiger partial charge in [0.15, 0.2) is 0 Å². The number of nitrogens with one attached hydrogen (secondary N) is 2. The van der Waals surface area contributed by atoms with E-state index in [1.165, 1.54) is 9.91 Å². The molecule has 2 unspecified atom stereocenters. The number of likely N-dealkylation sites (N-methyl/N-ethyl adjacent to an activating group) is 1. The Bertz CT molecular complexity index is 1990. The van der Waals surface area contributed by atoms with Crippen molar-refractivity contribution >= 4 is 40.8 Å². The molecule has 0 saturated carbocycles. The Kier molecular flexibility index (Phi) is 10.9. The van der Waals surface area contributed by atoms with E-state index in [9.17, 15) is 29.1 Å². The smallest absolute Gasteiger partial charge is 0.413 e. The van der Waals surface area contributed by atoms with E-state index < -0.39 is 42.4 Å². The number of para-hydroxylation sites is 1. The van der Waals surface area contributed by atoms with Gasteiger partial charge in [0, 0.05) is 38.1 Å². The molecule has 0 aliphatic carbocycles. The number of hydrogen-bond donors (Lipinski definition) is 3. The summed E-state index contributed by atoms with van der Waals surface area (Å²) in [6, 6.07) is 22.5. The van der Waals surface area contributed by atoms with Crippen LogP contribution in [0, 0.1) is 5.92 Å². The van der Waals surface area contributed by atoms with Gasteiger partial charge in [0.2, 0.25) is 11.8 Å². The lowest BCUT2D eigenvalue weighted by Gasteiger charge is -2.57. The third kappa shape index (κ3) is 7.92. The quantitative estimate of drug-likeness (QED) is 0.220. The average molecular weight is 722 g/mol. The summed E-state index contributed by atoms with van der Waals surface area (Å²) in [7, 11) is 1.68. The fourth-order valence-electron chi connectivity index (χ4n) is 7.00. The second kappa shape index (κ2) is 15.7. The van der Waals surface area contributed by atoms with Crippen LogP contribution in [0.5, 0.6) is 5.75 Å².